The number of hydrogen-bond acceptors (Lipinski definition) is 2. The molecule has 1 heterocycles. The van der Waals surface area contributed by atoms with Crippen LogP contribution in [0.1, 0.15) is 28.8 Å². The summed E-state index contributed by atoms with van der Waals surface area (Å²) in [6.45, 7) is 4.39. The predicted molar refractivity (Wildman–Crippen MR) is 76.6 cm³/mol. The van der Waals surface area contributed by atoms with E-state index in [1.165, 1.54) is 0 Å². The third-order valence-electron chi connectivity index (χ3n) is 3.52. The van der Waals surface area contributed by atoms with Gasteiger partial charge in [-0.15, -0.1) is 0 Å². The molecule has 1 fully saturated rings. The van der Waals surface area contributed by atoms with Crippen molar-refractivity contribution >= 4 is 21.8 Å². The Labute approximate surface area is 116 Å². The number of benzene rings is 1. The van der Waals surface area contributed by atoms with Crippen LogP contribution in [0, 0.1) is 12.8 Å². The summed E-state index contributed by atoms with van der Waals surface area (Å²) in [6.07, 6.45) is 2.05. The molecule has 1 aliphatic heterocycles. The molecule has 0 bridgehead atoms. The van der Waals surface area contributed by atoms with Crippen molar-refractivity contribution in [2.75, 3.05) is 19.6 Å². The zero-order valence-electron chi connectivity index (χ0n) is 10.7. The van der Waals surface area contributed by atoms with Crippen molar-refractivity contribution in [1.29, 1.82) is 0 Å². The van der Waals surface area contributed by atoms with Gasteiger partial charge in [0.1, 0.15) is 0 Å². The third-order valence-corrected chi connectivity index (χ3v) is 3.98. The SMILES string of the molecule is Cc1cc(Br)cc(C(=O)N2CCC(CN)CC2)c1. The quantitative estimate of drug-likeness (QED) is 0.912. The topological polar surface area (TPSA) is 46.3 Å². The summed E-state index contributed by atoms with van der Waals surface area (Å²) in [5, 5.41) is 0. The summed E-state index contributed by atoms with van der Waals surface area (Å²) in [6, 6.07) is 5.85. The lowest BCUT2D eigenvalue weighted by Crippen LogP contribution is -2.40. The van der Waals surface area contributed by atoms with Crippen LogP contribution in [0.2, 0.25) is 0 Å². The van der Waals surface area contributed by atoms with Gasteiger partial charge >= 0.3 is 0 Å². The first kappa shape index (κ1) is 13.6. The molecule has 3 nitrogen and oxygen atoms in total. The predicted octanol–water partition coefficient (Wildman–Crippen LogP) is 2.57. The summed E-state index contributed by atoms with van der Waals surface area (Å²) in [7, 11) is 0. The number of rotatable bonds is 2. The fourth-order valence-corrected chi connectivity index (χ4v) is 3.02. The highest BCUT2D eigenvalue weighted by molar-refractivity contribution is 9.10. The van der Waals surface area contributed by atoms with E-state index in [-0.39, 0.29) is 5.91 Å². The van der Waals surface area contributed by atoms with Crippen LogP contribution < -0.4 is 5.73 Å². The number of nitrogens with zero attached hydrogens (tertiary/aromatic N) is 1. The largest absolute Gasteiger partial charge is 0.339 e. The molecule has 4 heteroatoms. The normalized spacial score (nSPS) is 16.9. The molecular formula is C14H19BrN2O. The van der Waals surface area contributed by atoms with Gasteiger partial charge < -0.3 is 10.6 Å². The van der Waals surface area contributed by atoms with Gasteiger partial charge in [0.05, 0.1) is 0 Å². The highest BCUT2D eigenvalue weighted by atomic mass is 79.9. The van der Waals surface area contributed by atoms with Gasteiger partial charge in [0.15, 0.2) is 0 Å². The van der Waals surface area contributed by atoms with Crippen molar-refractivity contribution in [3.8, 4) is 0 Å². The summed E-state index contributed by atoms with van der Waals surface area (Å²) in [4.78, 5) is 14.3. The Morgan fingerprint density at radius 3 is 2.61 bits per heavy atom. The Bertz CT molecular complexity index is 419. The average Bonchev–Trinajstić information content (AvgIpc) is 2.37. The zero-order valence-corrected chi connectivity index (χ0v) is 12.2. The van der Waals surface area contributed by atoms with Crippen molar-refractivity contribution in [2.24, 2.45) is 11.7 Å². The maximum atomic E-state index is 12.4. The third kappa shape index (κ3) is 3.12. The lowest BCUT2D eigenvalue weighted by Gasteiger charge is -2.31. The molecule has 0 saturated carbocycles. The first-order valence-corrected chi connectivity index (χ1v) is 7.16. The Balaban J connectivity index is 2.07. The summed E-state index contributed by atoms with van der Waals surface area (Å²) in [5.41, 5.74) is 7.54. The van der Waals surface area contributed by atoms with Gasteiger partial charge in [-0.05, 0) is 56.0 Å². The van der Waals surface area contributed by atoms with Crippen LogP contribution in [-0.4, -0.2) is 30.4 Å². The number of likely N-dealkylation sites (tertiary alicyclic amines) is 1. The molecule has 0 unspecified atom stereocenters. The Morgan fingerprint density at radius 2 is 2.06 bits per heavy atom. The standard InChI is InChI=1S/C14H19BrN2O/c1-10-6-12(8-13(15)7-10)14(18)17-4-2-11(9-16)3-5-17/h6-8,11H,2-5,9,16H2,1H3. The molecule has 1 aromatic rings. The second-order valence-corrected chi connectivity index (χ2v) is 5.90. The molecule has 2 N–H and O–H groups in total. The summed E-state index contributed by atoms with van der Waals surface area (Å²) >= 11 is 3.44. The molecule has 0 radical (unpaired) electrons. The van der Waals surface area contributed by atoms with Crippen molar-refractivity contribution < 1.29 is 4.79 Å². The van der Waals surface area contributed by atoms with Crippen molar-refractivity contribution in [3.63, 3.8) is 0 Å². The van der Waals surface area contributed by atoms with E-state index in [0.717, 1.165) is 48.1 Å². The van der Waals surface area contributed by atoms with Crippen LogP contribution in [0.15, 0.2) is 22.7 Å². The lowest BCUT2D eigenvalue weighted by atomic mass is 9.96. The maximum Gasteiger partial charge on any atom is 0.253 e. The van der Waals surface area contributed by atoms with Gasteiger partial charge in [-0.25, -0.2) is 0 Å². The average molecular weight is 311 g/mol. The minimum atomic E-state index is 0.134. The number of carbonyl (C=O) groups excluding carboxylic acids is 1. The molecule has 1 aromatic carbocycles. The second kappa shape index (κ2) is 5.85. The fraction of sp³-hybridized carbons (Fsp3) is 0.500. The summed E-state index contributed by atoms with van der Waals surface area (Å²) < 4.78 is 0.961. The molecular weight excluding hydrogens is 292 g/mol. The molecule has 98 valence electrons. The van der Waals surface area contributed by atoms with E-state index in [0.29, 0.717) is 5.92 Å². The van der Waals surface area contributed by atoms with Crippen LogP contribution >= 0.6 is 15.9 Å². The Morgan fingerprint density at radius 1 is 1.39 bits per heavy atom. The second-order valence-electron chi connectivity index (χ2n) is 4.99. The minimum absolute atomic E-state index is 0.134. The van der Waals surface area contributed by atoms with Gasteiger partial charge in [0.25, 0.3) is 5.91 Å². The van der Waals surface area contributed by atoms with E-state index >= 15 is 0 Å². The summed E-state index contributed by atoms with van der Waals surface area (Å²) in [5.74, 6) is 0.716. The number of piperidine rings is 1. The first-order chi connectivity index (χ1) is 8.60. The van der Waals surface area contributed by atoms with E-state index in [1.807, 2.05) is 30.0 Å². The van der Waals surface area contributed by atoms with Crippen LogP contribution in [0.4, 0.5) is 0 Å². The van der Waals surface area contributed by atoms with Gasteiger partial charge in [-0.1, -0.05) is 15.9 Å². The highest BCUT2D eigenvalue weighted by Gasteiger charge is 2.22. The molecule has 1 saturated heterocycles. The lowest BCUT2D eigenvalue weighted by molar-refractivity contribution is 0.0693. The smallest absolute Gasteiger partial charge is 0.253 e. The highest BCUT2D eigenvalue weighted by Crippen LogP contribution is 2.20. The van der Waals surface area contributed by atoms with Gasteiger partial charge in [-0.2, -0.15) is 0 Å². The van der Waals surface area contributed by atoms with E-state index in [4.69, 9.17) is 5.73 Å². The first-order valence-electron chi connectivity index (χ1n) is 6.36. The number of hydrogen-bond donors (Lipinski definition) is 1. The molecule has 1 aliphatic rings. The molecule has 0 atom stereocenters. The number of nitrogens with two attached hydrogens (primary N) is 1. The number of halogens is 1. The molecule has 2 rings (SSSR count). The Hall–Kier alpha value is -0.870. The number of aryl methyl sites for hydroxylation is 1. The fourth-order valence-electron chi connectivity index (χ4n) is 2.41. The molecule has 18 heavy (non-hydrogen) atoms. The molecule has 0 aliphatic carbocycles. The zero-order chi connectivity index (χ0) is 13.1. The van der Waals surface area contributed by atoms with E-state index in [1.54, 1.807) is 0 Å². The van der Waals surface area contributed by atoms with Crippen LogP contribution in [0.5, 0.6) is 0 Å². The van der Waals surface area contributed by atoms with Gasteiger partial charge in [0.2, 0.25) is 0 Å². The van der Waals surface area contributed by atoms with E-state index in [9.17, 15) is 4.79 Å². The minimum Gasteiger partial charge on any atom is -0.339 e. The van der Waals surface area contributed by atoms with Crippen LogP contribution in [0.3, 0.4) is 0 Å². The molecule has 0 aromatic heterocycles. The van der Waals surface area contributed by atoms with Crippen LogP contribution in [-0.2, 0) is 0 Å². The monoisotopic (exact) mass is 310 g/mol. The molecule has 0 spiro atoms. The molecule has 1 amide bonds. The number of amides is 1. The van der Waals surface area contributed by atoms with Gasteiger partial charge in [0, 0.05) is 23.1 Å². The van der Waals surface area contributed by atoms with Crippen molar-refractivity contribution in [3.05, 3.63) is 33.8 Å². The van der Waals surface area contributed by atoms with Crippen molar-refractivity contribution in [2.45, 2.75) is 19.8 Å². The Kier molecular flexibility index (Phi) is 4.40. The van der Waals surface area contributed by atoms with Crippen molar-refractivity contribution in [1.82, 2.24) is 4.90 Å². The van der Waals surface area contributed by atoms with E-state index < -0.39 is 0 Å². The van der Waals surface area contributed by atoms with E-state index in [2.05, 4.69) is 15.9 Å². The van der Waals surface area contributed by atoms with Crippen LogP contribution in [0.25, 0.3) is 0 Å². The van der Waals surface area contributed by atoms with Gasteiger partial charge in [-0.3, -0.25) is 4.79 Å². The maximum absolute atomic E-state index is 12.4. The number of carbonyl (C=O) groups is 1.